The van der Waals surface area contributed by atoms with E-state index in [-0.39, 0.29) is 6.07 Å². The Kier molecular flexibility index (Phi) is 3.39. The van der Waals surface area contributed by atoms with Crippen LogP contribution < -0.4 is 0 Å². The number of benzene rings is 1. The zero-order valence-electron chi connectivity index (χ0n) is 9.43. The fourth-order valence-corrected chi connectivity index (χ4v) is 2.23. The van der Waals surface area contributed by atoms with Crippen molar-refractivity contribution in [2.75, 3.05) is 0 Å². The molecule has 0 unspecified atom stereocenters. The predicted octanol–water partition coefficient (Wildman–Crippen LogP) is 4.27. The highest BCUT2D eigenvalue weighted by molar-refractivity contribution is 9.10. The molecule has 0 amide bonds. The highest BCUT2D eigenvalue weighted by Gasteiger charge is 2.40. The minimum atomic E-state index is -4.98. The Bertz CT molecular complexity index is 736. The third-order valence-electron chi connectivity index (χ3n) is 2.45. The molecule has 1 aromatic heterocycles. The maximum Gasteiger partial charge on any atom is 0.449 e. The van der Waals surface area contributed by atoms with Gasteiger partial charge in [0.05, 0.1) is 20.5 Å². The van der Waals surface area contributed by atoms with Gasteiger partial charge in [-0.15, -0.1) is 0 Å². The Labute approximate surface area is 119 Å². The predicted molar refractivity (Wildman–Crippen MR) is 60.5 cm³/mol. The van der Waals surface area contributed by atoms with Crippen LogP contribution in [0.2, 0.25) is 0 Å². The number of aromatic nitrogens is 2. The first-order valence-corrected chi connectivity index (χ1v) is 5.73. The Morgan fingerprint density at radius 1 is 1.19 bits per heavy atom. The van der Waals surface area contributed by atoms with Crippen LogP contribution in [0, 0.1) is 10.1 Å². The van der Waals surface area contributed by atoms with E-state index in [1.807, 2.05) is 0 Å². The van der Waals surface area contributed by atoms with Gasteiger partial charge in [-0.25, -0.2) is 4.98 Å². The quantitative estimate of drug-likeness (QED) is 0.458. The number of imidazole rings is 1. The normalized spacial score (nSPS) is 12.9. The number of rotatable bonds is 1. The summed E-state index contributed by atoms with van der Waals surface area (Å²) in [6, 6.07) is 0.132. The van der Waals surface area contributed by atoms with Crippen molar-refractivity contribution in [3.05, 3.63) is 32.0 Å². The van der Waals surface area contributed by atoms with Crippen LogP contribution in [0.25, 0.3) is 11.0 Å². The number of halogens is 7. The van der Waals surface area contributed by atoms with E-state index in [4.69, 9.17) is 0 Å². The molecule has 0 radical (unpaired) electrons. The van der Waals surface area contributed by atoms with Crippen molar-refractivity contribution in [3.63, 3.8) is 0 Å². The second-order valence-electron chi connectivity index (χ2n) is 3.82. The third-order valence-corrected chi connectivity index (χ3v) is 3.28. The largest absolute Gasteiger partial charge is 0.449 e. The zero-order valence-corrected chi connectivity index (χ0v) is 11.0. The summed E-state index contributed by atoms with van der Waals surface area (Å²) in [5.74, 6) is -1.62. The first-order chi connectivity index (χ1) is 9.43. The molecule has 0 aliphatic heterocycles. The van der Waals surface area contributed by atoms with E-state index in [0.717, 1.165) is 0 Å². The van der Waals surface area contributed by atoms with Crippen LogP contribution in [-0.4, -0.2) is 14.9 Å². The van der Waals surface area contributed by atoms with Gasteiger partial charge in [-0.2, -0.15) is 26.3 Å². The number of nitro benzene ring substituents is 1. The monoisotopic (exact) mass is 377 g/mol. The van der Waals surface area contributed by atoms with E-state index >= 15 is 0 Å². The van der Waals surface area contributed by atoms with Crippen LogP contribution in [0.4, 0.5) is 32.0 Å². The maximum atomic E-state index is 12.8. The number of non-ortho nitro benzene ring substituents is 1. The van der Waals surface area contributed by atoms with Crippen LogP contribution in [-0.2, 0) is 12.4 Å². The molecule has 0 fully saturated rings. The molecular formula is C9H2BrF6N3O2. The molecule has 21 heavy (non-hydrogen) atoms. The van der Waals surface area contributed by atoms with E-state index in [0.29, 0.717) is 0 Å². The molecular weight excluding hydrogens is 376 g/mol. The summed E-state index contributed by atoms with van der Waals surface area (Å²) in [7, 11) is 0. The Balaban J connectivity index is 2.90. The van der Waals surface area contributed by atoms with Crippen LogP contribution in [0.15, 0.2) is 10.5 Å². The maximum absolute atomic E-state index is 12.8. The van der Waals surface area contributed by atoms with E-state index < -0.39 is 49.9 Å². The second-order valence-corrected chi connectivity index (χ2v) is 4.61. The first-order valence-electron chi connectivity index (χ1n) is 4.94. The van der Waals surface area contributed by atoms with Gasteiger partial charge >= 0.3 is 12.4 Å². The van der Waals surface area contributed by atoms with E-state index in [2.05, 4.69) is 20.9 Å². The summed E-state index contributed by atoms with van der Waals surface area (Å²) in [5, 5.41) is 10.8. The summed E-state index contributed by atoms with van der Waals surface area (Å²) in [5.41, 5.74) is -4.21. The van der Waals surface area contributed by atoms with Gasteiger partial charge < -0.3 is 4.98 Å². The van der Waals surface area contributed by atoms with Crippen LogP contribution in [0.3, 0.4) is 0 Å². The molecule has 0 saturated heterocycles. The second kappa shape index (κ2) is 4.58. The summed E-state index contributed by atoms with van der Waals surface area (Å²) in [4.78, 5) is 14.1. The summed E-state index contributed by atoms with van der Waals surface area (Å²) >= 11 is 2.50. The molecule has 12 heteroatoms. The van der Waals surface area contributed by atoms with E-state index in [1.165, 1.54) is 0 Å². The summed E-state index contributed by atoms with van der Waals surface area (Å²) in [6.45, 7) is 0. The molecule has 5 nitrogen and oxygen atoms in total. The zero-order chi connectivity index (χ0) is 16.2. The van der Waals surface area contributed by atoms with Crippen molar-refractivity contribution >= 4 is 32.7 Å². The van der Waals surface area contributed by atoms with Gasteiger partial charge in [0.15, 0.2) is 5.52 Å². The van der Waals surface area contributed by atoms with Crippen molar-refractivity contribution < 1.29 is 31.3 Å². The average molecular weight is 378 g/mol. The average Bonchev–Trinajstić information content (AvgIpc) is 2.72. The highest BCUT2D eigenvalue weighted by atomic mass is 79.9. The van der Waals surface area contributed by atoms with Gasteiger partial charge in [0, 0.05) is 6.07 Å². The lowest BCUT2D eigenvalue weighted by atomic mass is 10.1. The van der Waals surface area contributed by atoms with Gasteiger partial charge in [-0.05, 0) is 15.9 Å². The third kappa shape index (κ3) is 2.66. The molecule has 0 spiro atoms. The standard InChI is InChI=1S/C9H2BrF6N3O2/c10-4-2(8(11,12)13)1-3(19(20)21)5-6(4)18-7(17-5)9(14,15)16/h1H,(H,17,18). The Morgan fingerprint density at radius 3 is 2.19 bits per heavy atom. The molecule has 0 atom stereocenters. The number of fused-ring (bicyclic) bond motifs is 1. The smallest absolute Gasteiger partial charge is 0.333 e. The van der Waals surface area contributed by atoms with Gasteiger partial charge in [0.1, 0.15) is 0 Å². The van der Waals surface area contributed by atoms with Crippen molar-refractivity contribution in [1.82, 2.24) is 9.97 Å². The fourth-order valence-electron chi connectivity index (χ4n) is 1.60. The molecule has 0 aliphatic carbocycles. The number of aromatic amines is 1. The van der Waals surface area contributed by atoms with Crippen LogP contribution in [0.5, 0.6) is 0 Å². The van der Waals surface area contributed by atoms with Crippen LogP contribution in [0.1, 0.15) is 11.4 Å². The van der Waals surface area contributed by atoms with Crippen molar-refractivity contribution in [2.24, 2.45) is 0 Å². The molecule has 0 aliphatic rings. The lowest BCUT2D eigenvalue weighted by Gasteiger charge is -2.09. The van der Waals surface area contributed by atoms with Gasteiger partial charge in [0.2, 0.25) is 5.82 Å². The number of H-pyrrole nitrogens is 1. The molecule has 1 heterocycles. The summed E-state index contributed by atoms with van der Waals surface area (Å²) < 4.78 is 75.0. The van der Waals surface area contributed by atoms with Gasteiger partial charge in [0.25, 0.3) is 5.69 Å². The molecule has 0 saturated carbocycles. The molecule has 2 rings (SSSR count). The van der Waals surface area contributed by atoms with Gasteiger partial charge in [-0.3, -0.25) is 10.1 Å². The first kappa shape index (κ1) is 15.5. The number of nitro groups is 1. The number of nitrogens with one attached hydrogen (secondary N) is 1. The SMILES string of the molecule is O=[N+]([O-])c1cc(C(F)(F)F)c(Br)c2[nH]c(C(F)(F)F)nc12. The number of alkyl halides is 6. The minimum Gasteiger partial charge on any atom is -0.333 e. The number of nitrogens with zero attached hydrogens (tertiary/aromatic N) is 2. The molecule has 1 N–H and O–H groups in total. The van der Waals surface area contributed by atoms with Crippen molar-refractivity contribution in [2.45, 2.75) is 12.4 Å². The molecule has 1 aromatic carbocycles. The van der Waals surface area contributed by atoms with Crippen molar-refractivity contribution in [1.29, 1.82) is 0 Å². The number of hydrogen-bond donors (Lipinski definition) is 1. The van der Waals surface area contributed by atoms with E-state index in [9.17, 15) is 36.5 Å². The Morgan fingerprint density at radius 2 is 1.76 bits per heavy atom. The summed E-state index contributed by atoms with van der Waals surface area (Å²) in [6.07, 6.45) is -9.97. The minimum absolute atomic E-state index is 0.132. The lowest BCUT2D eigenvalue weighted by molar-refractivity contribution is -0.383. The lowest BCUT2D eigenvalue weighted by Crippen LogP contribution is -2.07. The molecule has 114 valence electrons. The molecule has 2 aromatic rings. The van der Waals surface area contributed by atoms with Crippen LogP contribution >= 0.6 is 15.9 Å². The number of hydrogen-bond acceptors (Lipinski definition) is 3. The van der Waals surface area contributed by atoms with Crippen molar-refractivity contribution in [3.8, 4) is 0 Å². The van der Waals surface area contributed by atoms with E-state index in [1.54, 1.807) is 4.98 Å². The topological polar surface area (TPSA) is 71.8 Å². The highest BCUT2D eigenvalue weighted by Crippen LogP contribution is 2.42. The molecule has 0 bridgehead atoms. The Hall–Kier alpha value is -1.85. The van der Waals surface area contributed by atoms with Gasteiger partial charge in [-0.1, -0.05) is 0 Å². The fraction of sp³-hybridized carbons (Fsp3) is 0.222.